The highest BCUT2D eigenvalue weighted by Crippen LogP contribution is 2.14. The van der Waals surface area contributed by atoms with Gasteiger partial charge in [-0.3, -0.25) is 0 Å². The summed E-state index contributed by atoms with van der Waals surface area (Å²) in [6.07, 6.45) is 0. The Morgan fingerprint density at radius 1 is 1.50 bits per heavy atom. The Balaban J connectivity index is 3.21. The quantitative estimate of drug-likeness (QED) is 0.584. The van der Waals surface area contributed by atoms with Gasteiger partial charge in [0.15, 0.2) is 0 Å². The van der Waals surface area contributed by atoms with Gasteiger partial charge >= 0.3 is 0 Å². The molecule has 0 N–H and O–H groups in total. The summed E-state index contributed by atoms with van der Waals surface area (Å²) in [4.78, 5) is 0. The molecule has 1 aromatic rings. The smallest absolute Gasteiger partial charge is 0.0486 e. The van der Waals surface area contributed by atoms with E-state index >= 15 is 0 Å². The van der Waals surface area contributed by atoms with Crippen molar-refractivity contribution in [2.24, 2.45) is 0 Å². The van der Waals surface area contributed by atoms with E-state index in [2.05, 4.69) is 0 Å². The van der Waals surface area contributed by atoms with Gasteiger partial charge in [-0.15, -0.1) is 0 Å². The van der Waals surface area contributed by atoms with Crippen LogP contribution in [0.2, 0.25) is 5.02 Å². The zero-order valence-corrected chi connectivity index (χ0v) is 7.17. The van der Waals surface area contributed by atoms with Gasteiger partial charge in [0.2, 0.25) is 0 Å². The summed E-state index contributed by atoms with van der Waals surface area (Å²) in [5.74, 6) is 0. The van der Waals surface area contributed by atoms with Crippen molar-refractivity contribution in [3.05, 3.63) is 34.3 Å². The van der Waals surface area contributed by atoms with Gasteiger partial charge in [-0.1, -0.05) is 35.4 Å². The standard InChI is InChI=1S/C8H7ClS/c1-6-2-3-8(9)7(4-6)5-10/h2-5H,1H3. The second kappa shape index (κ2) is 3.13. The summed E-state index contributed by atoms with van der Waals surface area (Å²) in [7, 11) is 0. The summed E-state index contributed by atoms with van der Waals surface area (Å²) in [6.45, 7) is 2.01. The number of halogens is 1. The van der Waals surface area contributed by atoms with Crippen LogP contribution in [0.25, 0.3) is 0 Å². The summed E-state index contributed by atoms with van der Waals surface area (Å²) >= 11 is 10.6. The normalized spacial score (nSPS) is 9.40. The molecule has 0 fully saturated rings. The molecular weight excluding hydrogens is 164 g/mol. The van der Waals surface area contributed by atoms with Crippen molar-refractivity contribution >= 4 is 29.2 Å². The monoisotopic (exact) mass is 170 g/mol. The molecule has 0 heterocycles. The lowest BCUT2D eigenvalue weighted by Gasteiger charge is -1.96. The molecule has 0 radical (unpaired) electrons. The Morgan fingerprint density at radius 3 is 2.70 bits per heavy atom. The van der Waals surface area contributed by atoms with Crippen LogP contribution >= 0.6 is 23.8 Å². The van der Waals surface area contributed by atoms with Gasteiger partial charge in [0.1, 0.15) is 0 Å². The highest BCUT2D eigenvalue weighted by Gasteiger charge is 1.94. The van der Waals surface area contributed by atoms with E-state index < -0.39 is 0 Å². The molecule has 0 aliphatic rings. The summed E-state index contributed by atoms with van der Waals surface area (Å²) in [5, 5.41) is 2.32. The molecule has 0 aliphatic carbocycles. The van der Waals surface area contributed by atoms with E-state index in [1.54, 1.807) is 5.37 Å². The van der Waals surface area contributed by atoms with E-state index in [4.69, 9.17) is 23.8 Å². The largest absolute Gasteiger partial charge is 0.0880 e. The van der Waals surface area contributed by atoms with Gasteiger partial charge in [0.05, 0.1) is 0 Å². The molecule has 0 atom stereocenters. The minimum atomic E-state index is 0.723. The number of thiocarbonyl (C=S) groups is 1. The predicted octanol–water partition coefficient (Wildman–Crippen LogP) is 3.00. The minimum absolute atomic E-state index is 0.723. The van der Waals surface area contributed by atoms with Crippen molar-refractivity contribution in [3.8, 4) is 0 Å². The third-order valence-corrected chi connectivity index (χ3v) is 1.88. The molecule has 0 unspecified atom stereocenters. The molecule has 0 aliphatic heterocycles. The van der Waals surface area contributed by atoms with Crippen molar-refractivity contribution in [2.45, 2.75) is 6.92 Å². The molecule has 0 saturated heterocycles. The molecule has 0 nitrogen and oxygen atoms in total. The SMILES string of the molecule is Cc1ccc(Cl)c(C=S)c1. The van der Waals surface area contributed by atoms with E-state index in [0.29, 0.717) is 0 Å². The third-order valence-electron chi connectivity index (χ3n) is 1.28. The average Bonchev–Trinajstić information content (AvgIpc) is 1.94. The van der Waals surface area contributed by atoms with Crippen LogP contribution < -0.4 is 0 Å². The first-order valence-electron chi connectivity index (χ1n) is 2.95. The number of benzene rings is 1. The Kier molecular flexibility index (Phi) is 2.41. The summed E-state index contributed by atoms with van der Waals surface area (Å²) < 4.78 is 0. The van der Waals surface area contributed by atoms with Crippen molar-refractivity contribution in [1.82, 2.24) is 0 Å². The van der Waals surface area contributed by atoms with Gasteiger partial charge in [0.25, 0.3) is 0 Å². The molecule has 0 aromatic heterocycles. The van der Waals surface area contributed by atoms with Gasteiger partial charge < -0.3 is 0 Å². The van der Waals surface area contributed by atoms with Crippen LogP contribution in [0, 0.1) is 6.92 Å². The highest BCUT2D eigenvalue weighted by atomic mass is 35.5. The lowest BCUT2D eigenvalue weighted by Crippen LogP contribution is -1.81. The fraction of sp³-hybridized carbons (Fsp3) is 0.125. The van der Waals surface area contributed by atoms with Crippen LogP contribution in [-0.4, -0.2) is 5.37 Å². The van der Waals surface area contributed by atoms with Gasteiger partial charge in [0, 0.05) is 16.0 Å². The Bertz CT molecular complexity index is 255. The second-order valence-electron chi connectivity index (χ2n) is 2.14. The van der Waals surface area contributed by atoms with Crippen molar-refractivity contribution in [1.29, 1.82) is 0 Å². The lowest BCUT2D eigenvalue weighted by atomic mass is 10.2. The number of hydrogen-bond donors (Lipinski definition) is 0. The maximum absolute atomic E-state index is 5.80. The highest BCUT2D eigenvalue weighted by molar-refractivity contribution is 7.79. The van der Waals surface area contributed by atoms with Crippen LogP contribution in [0.5, 0.6) is 0 Å². The van der Waals surface area contributed by atoms with E-state index in [0.717, 1.165) is 10.6 Å². The molecule has 1 aromatic carbocycles. The maximum Gasteiger partial charge on any atom is 0.0486 e. The molecule has 0 saturated carbocycles. The van der Waals surface area contributed by atoms with E-state index in [9.17, 15) is 0 Å². The topological polar surface area (TPSA) is 0 Å². The molecule has 0 spiro atoms. The number of hydrogen-bond acceptors (Lipinski definition) is 1. The molecular formula is C8H7ClS. The Hall–Kier alpha value is -0.400. The number of aryl methyl sites for hydroxylation is 1. The first kappa shape index (κ1) is 7.70. The zero-order chi connectivity index (χ0) is 7.56. The van der Waals surface area contributed by atoms with Crippen LogP contribution in [0.4, 0.5) is 0 Å². The zero-order valence-electron chi connectivity index (χ0n) is 5.60. The van der Waals surface area contributed by atoms with Crippen LogP contribution in [-0.2, 0) is 0 Å². The summed E-state index contributed by atoms with van der Waals surface area (Å²) in [5.41, 5.74) is 2.11. The minimum Gasteiger partial charge on any atom is -0.0880 e. The molecule has 0 bridgehead atoms. The van der Waals surface area contributed by atoms with Crippen molar-refractivity contribution < 1.29 is 0 Å². The summed E-state index contributed by atoms with van der Waals surface area (Å²) in [6, 6.07) is 5.79. The van der Waals surface area contributed by atoms with E-state index in [-0.39, 0.29) is 0 Å². The fourth-order valence-corrected chi connectivity index (χ4v) is 1.19. The number of rotatable bonds is 1. The van der Waals surface area contributed by atoms with E-state index in [1.165, 1.54) is 5.56 Å². The molecule has 1 rings (SSSR count). The predicted molar refractivity (Wildman–Crippen MR) is 48.9 cm³/mol. The van der Waals surface area contributed by atoms with Gasteiger partial charge in [-0.05, 0) is 19.1 Å². The van der Waals surface area contributed by atoms with Gasteiger partial charge in [-0.2, -0.15) is 0 Å². The Morgan fingerprint density at radius 2 is 2.20 bits per heavy atom. The average molecular weight is 171 g/mol. The molecule has 2 heteroatoms. The first-order valence-corrected chi connectivity index (χ1v) is 3.80. The lowest BCUT2D eigenvalue weighted by molar-refractivity contribution is 1.47. The molecule has 52 valence electrons. The maximum atomic E-state index is 5.80. The van der Waals surface area contributed by atoms with Crippen molar-refractivity contribution in [3.63, 3.8) is 0 Å². The van der Waals surface area contributed by atoms with Gasteiger partial charge in [-0.25, -0.2) is 0 Å². The van der Waals surface area contributed by atoms with Crippen LogP contribution in [0.3, 0.4) is 0 Å². The van der Waals surface area contributed by atoms with Crippen LogP contribution in [0.1, 0.15) is 11.1 Å². The molecule has 0 amide bonds. The first-order chi connectivity index (χ1) is 4.74. The van der Waals surface area contributed by atoms with E-state index in [1.807, 2.05) is 25.1 Å². The van der Waals surface area contributed by atoms with Crippen LogP contribution in [0.15, 0.2) is 18.2 Å². The fourth-order valence-electron chi connectivity index (χ4n) is 0.753. The Labute approximate surface area is 70.8 Å². The third kappa shape index (κ3) is 1.55. The van der Waals surface area contributed by atoms with Crippen molar-refractivity contribution in [2.75, 3.05) is 0 Å². The molecule has 10 heavy (non-hydrogen) atoms. The second-order valence-corrected chi connectivity index (χ2v) is 2.79.